The number of carbonyl (C=O) groups excluding carboxylic acids is 1. The van der Waals surface area contributed by atoms with Gasteiger partial charge in [0.1, 0.15) is 5.75 Å². The molecule has 61 valence electrons. The molecule has 0 aliphatic carbocycles. The van der Waals surface area contributed by atoms with E-state index in [1.54, 1.807) is 13.8 Å². The van der Waals surface area contributed by atoms with Gasteiger partial charge in [0.25, 0.3) is 0 Å². The summed E-state index contributed by atoms with van der Waals surface area (Å²) in [6.45, 7) is 3.39. The SMILES string of the molecule is Cc1cnc(C)c(C=O)c1O.[Ac]. The number of aldehydes is 1. The summed E-state index contributed by atoms with van der Waals surface area (Å²) in [4.78, 5) is 14.3. The van der Waals surface area contributed by atoms with Crippen LogP contribution in [0.3, 0.4) is 0 Å². The van der Waals surface area contributed by atoms with Crippen LogP contribution in [0, 0.1) is 57.9 Å². The fraction of sp³-hybridized carbons (Fsp3) is 0.250. The number of hydrogen-bond acceptors (Lipinski definition) is 3. The van der Waals surface area contributed by atoms with Gasteiger partial charge in [-0.1, -0.05) is 0 Å². The first-order valence-corrected chi connectivity index (χ1v) is 3.27. The van der Waals surface area contributed by atoms with E-state index in [1.165, 1.54) is 6.20 Å². The van der Waals surface area contributed by atoms with Gasteiger partial charge in [0.15, 0.2) is 6.29 Å². The Bertz CT molecular complexity index is 299. The summed E-state index contributed by atoms with van der Waals surface area (Å²) in [6, 6.07) is 0. The van der Waals surface area contributed by atoms with Crippen LogP contribution in [0.5, 0.6) is 5.75 Å². The molecule has 1 aromatic rings. The first-order valence-electron chi connectivity index (χ1n) is 3.27. The monoisotopic (exact) mass is 378 g/mol. The first kappa shape index (κ1) is 12.1. The summed E-state index contributed by atoms with van der Waals surface area (Å²) in [5.41, 5.74) is 1.46. The summed E-state index contributed by atoms with van der Waals surface area (Å²) in [6.07, 6.45) is 2.16. The Labute approximate surface area is 107 Å². The van der Waals surface area contributed by atoms with Crippen LogP contribution in [0.15, 0.2) is 6.20 Å². The van der Waals surface area contributed by atoms with Crippen LogP contribution in [-0.2, 0) is 0 Å². The van der Waals surface area contributed by atoms with Gasteiger partial charge in [-0.2, -0.15) is 0 Å². The van der Waals surface area contributed by atoms with E-state index in [2.05, 4.69) is 4.98 Å². The molecule has 0 aliphatic rings. The minimum atomic E-state index is 0. The number of hydrogen-bond donors (Lipinski definition) is 1. The summed E-state index contributed by atoms with van der Waals surface area (Å²) in [7, 11) is 0. The van der Waals surface area contributed by atoms with Gasteiger partial charge in [-0.3, -0.25) is 9.78 Å². The van der Waals surface area contributed by atoms with Gasteiger partial charge in [-0.05, 0) is 13.8 Å². The number of rotatable bonds is 1. The van der Waals surface area contributed by atoms with Crippen LogP contribution < -0.4 is 0 Å². The second kappa shape index (κ2) is 4.94. The smallest absolute Gasteiger partial charge is 0.155 e. The molecule has 0 aliphatic heterocycles. The second-order valence-electron chi connectivity index (χ2n) is 2.41. The summed E-state index contributed by atoms with van der Waals surface area (Å²) in [5.74, 6) is 0.0347. The maximum absolute atomic E-state index is 10.4. The predicted octanol–water partition coefficient (Wildman–Crippen LogP) is 1.22. The van der Waals surface area contributed by atoms with Crippen molar-refractivity contribution in [1.82, 2.24) is 4.98 Å². The van der Waals surface area contributed by atoms with Crippen molar-refractivity contribution >= 4 is 6.29 Å². The van der Waals surface area contributed by atoms with Crippen LogP contribution in [0.4, 0.5) is 0 Å². The Morgan fingerprint density at radius 1 is 1.50 bits per heavy atom. The molecule has 0 amide bonds. The molecule has 1 N–H and O–H groups in total. The molecular weight excluding hydrogens is 369 g/mol. The third-order valence-corrected chi connectivity index (χ3v) is 1.59. The van der Waals surface area contributed by atoms with Crippen LogP contribution in [0.25, 0.3) is 0 Å². The van der Waals surface area contributed by atoms with Gasteiger partial charge in [-0.15, -0.1) is 0 Å². The van der Waals surface area contributed by atoms with E-state index in [-0.39, 0.29) is 55.4 Å². The van der Waals surface area contributed by atoms with E-state index in [1.807, 2.05) is 0 Å². The van der Waals surface area contributed by atoms with Gasteiger partial charge in [0.2, 0.25) is 0 Å². The molecule has 0 bridgehead atoms. The van der Waals surface area contributed by atoms with Gasteiger partial charge in [0, 0.05) is 55.8 Å². The predicted molar refractivity (Wildman–Crippen MR) is 40.8 cm³/mol. The standard InChI is InChI=1S/C8H9NO2.Ac/c1-5-3-9-6(2)7(4-10)8(5)11;/h3-4H,1-2H3,(H,9,11);. The van der Waals surface area contributed by atoms with Crippen molar-refractivity contribution in [2.75, 3.05) is 0 Å². The third-order valence-electron chi connectivity index (χ3n) is 1.59. The van der Waals surface area contributed by atoms with Crippen molar-refractivity contribution < 1.29 is 54.0 Å². The molecule has 1 heterocycles. The molecule has 1 aromatic heterocycles. The van der Waals surface area contributed by atoms with Gasteiger partial charge in [0.05, 0.1) is 11.3 Å². The molecule has 0 unspecified atom stereocenters. The van der Waals surface area contributed by atoms with E-state index in [4.69, 9.17) is 0 Å². The summed E-state index contributed by atoms with van der Waals surface area (Å²) >= 11 is 0. The van der Waals surface area contributed by atoms with E-state index >= 15 is 0 Å². The number of nitrogens with zero attached hydrogens (tertiary/aromatic N) is 1. The number of aromatic nitrogens is 1. The molecule has 0 aromatic carbocycles. The van der Waals surface area contributed by atoms with Crippen LogP contribution in [-0.4, -0.2) is 16.4 Å². The fourth-order valence-electron chi connectivity index (χ4n) is 0.849. The van der Waals surface area contributed by atoms with E-state index in [0.29, 0.717) is 17.5 Å². The molecule has 1 rings (SSSR count). The van der Waals surface area contributed by atoms with Gasteiger partial charge >= 0.3 is 0 Å². The van der Waals surface area contributed by atoms with Gasteiger partial charge in [-0.25, -0.2) is 0 Å². The van der Waals surface area contributed by atoms with E-state index in [0.717, 1.165) is 0 Å². The average Bonchev–Trinajstić information content (AvgIpc) is 1.99. The number of pyridine rings is 1. The molecule has 12 heavy (non-hydrogen) atoms. The second-order valence-corrected chi connectivity index (χ2v) is 2.41. The topological polar surface area (TPSA) is 50.2 Å². The average molecular weight is 378 g/mol. The van der Waals surface area contributed by atoms with Crippen molar-refractivity contribution in [3.8, 4) is 5.75 Å². The van der Waals surface area contributed by atoms with Crippen molar-refractivity contribution in [2.24, 2.45) is 0 Å². The zero-order valence-corrected chi connectivity index (χ0v) is 11.8. The molecule has 0 atom stereocenters. The number of carbonyl (C=O) groups is 1. The van der Waals surface area contributed by atoms with Crippen LogP contribution in [0.2, 0.25) is 0 Å². The Balaban J connectivity index is 0.00000121. The molecular formula is C8H9AcNO2. The molecule has 1 radical (unpaired) electrons. The van der Waals surface area contributed by atoms with Gasteiger partial charge < -0.3 is 5.11 Å². The summed E-state index contributed by atoms with van der Waals surface area (Å²) < 4.78 is 0. The van der Waals surface area contributed by atoms with Crippen molar-refractivity contribution in [3.05, 3.63) is 23.0 Å². The van der Waals surface area contributed by atoms with Crippen LogP contribution in [0.1, 0.15) is 21.6 Å². The Morgan fingerprint density at radius 3 is 2.50 bits per heavy atom. The zero-order valence-electron chi connectivity index (χ0n) is 7.03. The molecule has 0 fully saturated rings. The van der Waals surface area contributed by atoms with Crippen LogP contribution >= 0.6 is 0 Å². The maximum atomic E-state index is 10.4. The summed E-state index contributed by atoms with van der Waals surface area (Å²) in [5, 5.41) is 9.31. The first-order chi connectivity index (χ1) is 5.16. The van der Waals surface area contributed by atoms with Crippen molar-refractivity contribution in [3.63, 3.8) is 0 Å². The molecule has 0 spiro atoms. The Kier molecular flexibility index (Phi) is 4.96. The number of aryl methyl sites for hydroxylation is 2. The largest absolute Gasteiger partial charge is 0.507 e. The quantitative estimate of drug-likeness (QED) is 0.748. The number of aromatic hydroxyl groups is 1. The van der Waals surface area contributed by atoms with E-state index in [9.17, 15) is 9.90 Å². The molecule has 3 nitrogen and oxygen atoms in total. The fourth-order valence-corrected chi connectivity index (χ4v) is 0.849. The molecule has 0 saturated carbocycles. The molecule has 0 saturated heterocycles. The minimum Gasteiger partial charge on any atom is -0.507 e. The normalized spacial score (nSPS) is 8.83. The van der Waals surface area contributed by atoms with E-state index < -0.39 is 0 Å². The molecule has 4 heteroatoms. The zero-order chi connectivity index (χ0) is 8.43. The van der Waals surface area contributed by atoms with Crippen molar-refractivity contribution in [1.29, 1.82) is 0 Å². The Morgan fingerprint density at radius 2 is 2.08 bits per heavy atom. The van der Waals surface area contributed by atoms with Crippen molar-refractivity contribution in [2.45, 2.75) is 13.8 Å². The Hall–Kier alpha value is 0.0616. The minimum absolute atomic E-state index is 0. The third kappa shape index (κ3) is 2.27. The maximum Gasteiger partial charge on any atom is 0.155 e.